The maximum absolute atomic E-state index is 12.0. The van der Waals surface area contributed by atoms with Crippen LogP contribution >= 0.6 is 0 Å². The number of hydrogen-bond donors (Lipinski definition) is 2. The van der Waals surface area contributed by atoms with E-state index < -0.39 is 0 Å². The van der Waals surface area contributed by atoms with Gasteiger partial charge in [-0.3, -0.25) is 19.6 Å². The molecule has 0 saturated carbocycles. The largest absolute Gasteiger partial charge is 0.290 e. The molecule has 1 heterocycles. The van der Waals surface area contributed by atoms with Gasteiger partial charge in [-0.05, 0) is 13.0 Å². The van der Waals surface area contributed by atoms with Crippen molar-refractivity contribution in [1.29, 1.82) is 0 Å². The van der Waals surface area contributed by atoms with Crippen molar-refractivity contribution in [2.45, 2.75) is 20.3 Å². The third-order valence-corrected chi connectivity index (χ3v) is 3.02. The summed E-state index contributed by atoms with van der Waals surface area (Å²) in [4.78, 5) is 23.8. The molecule has 1 amide bonds. The Hall–Kier alpha value is -2.14. The van der Waals surface area contributed by atoms with Gasteiger partial charge < -0.3 is 0 Å². The molecular weight excluding hydrogens is 230 g/mol. The number of carbonyl (C=O) groups is 2. The number of para-hydroxylation sites is 1. The number of fused-ring (bicyclic) bond motifs is 1. The number of benzene rings is 1. The molecule has 0 fully saturated rings. The minimum atomic E-state index is -0.383. The molecule has 2 aromatic rings. The number of nitrogens with one attached hydrogen (secondary N) is 1. The minimum Gasteiger partial charge on any atom is -0.290 e. The van der Waals surface area contributed by atoms with Gasteiger partial charge in [0.2, 0.25) is 5.91 Å². The summed E-state index contributed by atoms with van der Waals surface area (Å²) in [5, 5.41) is 0.736. The molecule has 5 heteroatoms. The van der Waals surface area contributed by atoms with Crippen molar-refractivity contribution in [1.82, 2.24) is 9.99 Å². The van der Waals surface area contributed by atoms with Crippen LogP contribution < -0.4 is 11.3 Å². The number of carbonyl (C=O) groups excluding carboxylic acids is 2. The second-order valence-electron chi connectivity index (χ2n) is 4.03. The van der Waals surface area contributed by atoms with Gasteiger partial charge >= 0.3 is 0 Å². The first-order valence-electron chi connectivity index (χ1n) is 5.76. The molecule has 1 aromatic heterocycles. The molecule has 1 aromatic carbocycles. The first-order valence-corrected chi connectivity index (χ1v) is 5.76. The lowest BCUT2D eigenvalue weighted by atomic mass is 10.1. The number of rotatable bonds is 2. The summed E-state index contributed by atoms with van der Waals surface area (Å²) < 4.78 is 1.57. The van der Waals surface area contributed by atoms with Gasteiger partial charge in [0.15, 0.2) is 0 Å². The lowest BCUT2D eigenvalue weighted by Crippen LogP contribution is -2.30. The molecule has 2 rings (SSSR count). The van der Waals surface area contributed by atoms with E-state index in [1.165, 1.54) is 0 Å². The van der Waals surface area contributed by atoms with Crippen LogP contribution in [-0.2, 0) is 0 Å². The maximum Gasteiger partial charge on any atom is 0.267 e. The molecule has 18 heavy (non-hydrogen) atoms. The van der Waals surface area contributed by atoms with Crippen molar-refractivity contribution in [3.8, 4) is 0 Å². The standard InChI is InChI=1S/C13H15N3O2/c1-3-11(17)16-8(2)12(13(18)15-14)9-6-4-5-7-10(9)16/h4-7H,3,14H2,1-2H3,(H,15,18). The quantitative estimate of drug-likeness (QED) is 0.479. The number of hydrazine groups is 1. The molecule has 3 N–H and O–H groups in total. The summed E-state index contributed by atoms with van der Waals surface area (Å²) in [6, 6.07) is 7.30. The van der Waals surface area contributed by atoms with Gasteiger partial charge in [-0.2, -0.15) is 0 Å². The summed E-state index contributed by atoms with van der Waals surface area (Å²) in [6.07, 6.45) is 0.378. The normalized spacial score (nSPS) is 10.6. The monoisotopic (exact) mass is 245 g/mol. The van der Waals surface area contributed by atoms with Crippen LogP contribution in [0.4, 0.5) is 0 Å². The third kappa shape index (κ3) is 1.69. The van der Waals surface area contributed by atoms with E-state index in [9.17, 15) is 9.59 Å². The second-order valence-corrected chi connectivity index (χ2v) is 4.03. The Bertz CT molecular complexity index is 575. The zero-order valence-electron chi connectivity index (χ0n) is 10.4. The molecule has 0 spiro atoms. The van der Waals surface area contributed by atoms with E-state index in [0.29, 0.717) is 17.7 Å². The van der Waals surface area contributed by atoms with Gasteiger partial charge in [0.1, 0.15) is 0 Å². The van der Waals surface area contributed by atoms with Crippen LogP contribution in [-0.4, -0.2) is 16.4 Å². The summed E-state index contributed by atoms with van der Waals surface area (Å²) >= 11 is 0. The first kappa shape index (κ1) is 12.3. The summed E-state index contributed by atoms with van der Waals surface area (Å²) in [6.45, 7) is 3.54. The number of aromatic nitrogens is 1. The smallest absolute Gasteiger partial charge is 0.267 e. The predicted molar refractivity (Wildman–Crippen MR) is 69.2 cm³/mol. The van der Waals surface area contributed by atoms with E-state index >= 15 is 0 Å². The molecule has 0 aliphatic rings. The van der Waals surface area contributed by atoms with Crippen LogP contribution in [0, 0.1) is 6.92 Å². The summed E-state index contributed by atoms with van der Waals surface area (Å²) in [7, 11) is 0. The SMILES string of the molecule is CCC(=O)n1c(C)c(C(=O)NN)c2ccccc21. The van der Waals surface area contributed by atoms with Crippen molar-refractivity contribution < 1.29 is 9.59 Å². The number of hydrogen-bond acceptors (Lipinski definition) is 3. The Morgan fingerprint density at radius 3 is 2.61 bits per heavy atom. The zero-order chi connectivity index (χ0) is 13.3. The molecular formula is C13H15N3O2. The fraction of sp³-hybridized carbons (Fsp3) is 0.231. The van der Waals surface area contributed by atoms with Gasteiger partial charge in [-0.15, -0.1) is 0 Å². The maximum atomic E-state index is 12.0. The highest BCUT2D eigenvalue weighted by Crippen LogP contribution is 2.25. The molecule has 0 unspecified atom stereocenters. The van der Waals surface area contributed by atoms with Crippen LogP contribution in [0.2, 0.25) is 0 Å². The Morgan fingerprint density at radius 1 is 1.33 bits per heavy atom. The van der Waals surface area contributed by atoms with E-state index in [4.69, 9.17) is 5.84 Å². The molecule has 0 bridgehead atoms. The van der Waals surface area contributed by atoms with Crippen LogP contribution in [0.1, 0.15) is 34.2 Å². The molecule has 5 nitrogen and oxygen atoms in total. The third-order valence-electron chi connectivity index (χ3n) is 3.02. The first-order chi connectivity index (χ1) is 8.61. The molecule has 0 aliphatic heterocycles. The lowest BCUT2D eigenvalue weighted by molar-refractivity contribution is 0.0912. The molecule has 0 saturated heterocycles. The highest BCUT2D eigenvalue weighted by molar-refractivity contribution is 6.10. The van der Waals surface area contributed by atoms with E-state index in [-0.39, 0.29) is 11.8 Å². The van der Waals surface area contributed by atoms with Gasteiger partial charge in [0.05, 0.1) is 11.1 Å². The van der Waals surface area contributed by atoms with E-state index in [1.807, 2.05) is 24.3 Å². The highest BCUT2D eigenvalue weighted by atomic mass is 16.2. The van der Waals surface area contributed by atoms with Gasteiger partial charge in [0.25, 0.3) is 5.91 Å². The Morgan fingerprint density at radius 2 is 2.00 bits per heavy atom. The lowest BCUT2D eigenvalue weighted by Gasteiger charge is -2.04. The summed E-state index contributed by atoms with van der Waals surface area (Å²) in [5.74, 6) is 4.76. The van der Waals surface area contributed by atoms with E-state index in [2.05, 4.69) is 5.43 Å². The Balaban J connectivity index is 2.83. The van der Waals surface area contributed by atoms with Crippen LogP contribution in [0.15, 0.2) is 24.3 Å². The van der Waals surface area contributed by atoms with Crippen LogP contribution in [0.5, 0.6) is 0 Å². The Labute approximate surface area is 105 Å². The Kier molecular flexibility index (Phi) is 3.16. The number of nitrogen functional groups attached to an aromatic ring is 1. The highest BCUT2D eigenvalue weighted by Gasteiger charge is 2.21. The fourth-order valence-electron chi connectivity index (χ4n) is 2.21. The minimum absolute atomic E-state index is 0.0419. The number of nitrogens with two attached hydrogens (primary N) is 1. The average molecular weight is 245 g/mol. The van der Waals surface area contributed by atoms with Crippen molar-refractivity contribution in [2.75, 3.05) is 0 Å². The molecule has 0 radical (unpaired) electrons. The average Bonchev–Trinajstić information content (AvgIpc) is 2.69. The topological polar surface area (TPSA) is 77.1 Å². The van der Waals surface area contributed by atoms with Crippen LogP contribution in [0.25, 0.3) is 10.9 Å². The van der Waals surface area contributed by atoms with E-state index in [0.717, 1.165) is 10.9 Å². The molecule has 94 valence electrons. The van der Waals surface area contributed by atoms with Gasteiger partial charge in [0, 0.05) is 17.5 Å². The van der Waals surface area contributed by atoms with E-state index in [1.54, 1.807) is 18.4 Å². The van der Waals surface area contributed by atoms with Crippen molar-refractivity contribution in [3.05, 3.63) is 35.5 Å². The molecule has 0 aliphatic carbocycles. The molecule has 0 atom stereocenters. The summed E-state index contributed by atoms with van der Waals surface area (Å²) in [5.41, 5.74) is 3.93. The predicted octanol–water partition coefficient (Wildman–Crippen LogP) is 1.60. The van der Waals surface area contributed by atoms with Crippen LogP contribution in [0.3, 0.4) is 0 Å². The number of nitrogens with zero attached hydrogens (tertiary/aromatic N) is 1. The van der Waals surface area contributed by atoms with Crippen molar-refractivity contribution in [2.24, 2.45) is 5.84 Å². The zero-order valence-corrected chi connectivity index (χ0v) is 10.4. The fourth-order valence-corrected chi connectivity index (χ4v) is 2.21. The second kappa shape index (κ2) is 4.62. The van der Waals surface area contributed by atoms with Crippen molar-refractivity contribution >= 4 is 22.7 Å². The van der Waals surface area contributed by atoms with Gasteiger partial charge in [-0.25, -0.2) is 5.84 Å². The van der Waals surface area contributed by atoms with Crippen molar-refractivity contribution in [3.63, 3.8) is 0 Å². The van der Waals surface area contributed by atoms with Gasteiger partial charge in [-0.1, -0.05) is 25.1 Å². The number of amides is 1.